The fourth-order valence-electron chi connectivity index (χ4n) is 3.21. The van der Waals surface area contributed by atoms with Crippen LogP contribution in [0.5, 0.6) is 0 Å². The third-order valence-corrected chi connectivity index (χ3v) is 6.64. The van der Waals surface area contributed by atoms with Crippen LogP contribution in [0, 0.1) is 0 Å². The fraction of sp³-hybridized carbons (Fsp3) is 0.556. The number of nitrogens with one attached hydrogen (secondary N) is 2. The number of carbonyl (C=O) groups is 2. The zero-order chi connectivity index (χ0) is 20.1. The SMILES string of the molecule is CCNC(=O)NC(=O)CSc1nc2sc3c(c2c(=O)n1CCOC)CCCC3. The number of methoxy groups -OCH3 is 1. The molecule has 0 atom stereocenters. The molecule has 2 aromatic rings. The molecule has 28 heavy (non-hydrogen) atoms. The second kappa shape index (κ2) is 9.53. The van der Waals surface area contributed by atoms with Gasteiger partial charge in [-0.25, -0.2) is 9.78 Å². The van der Waals surface area contributed by atoms with E-state index in [1.807, 2.05) is 0 Å². The van der Waals surface area contributed by atoms with Crippen molar-refractivity contribution in [3.8, 4) is 0 Å². The van der Waals surface area contributed by atoms with Gasteiger partial charge in [0, 0.05) is 18.5 Å². The minimum absolute atomic E-state index is 0.00679. The van der Waals surface area contributed by atoms with E-state index >= 15 is 0 Å². The smallest absolute Gasteiger partial charge is 0.321 e. The molecule has 152 valence electrons. The Bertz CT molecular complexity index is 938. The monoisotopic (exact) mass is 424 g/mol. The normalized spacial score (nSPS) is 13.4. The summed E-state index contributed by atoms with van der Waals surface area (Å²) < 4.78 is 6.72. The van der Waals surface area contributed by atoms with Crippen LogP contribution in [0.3, 0.4) is 0 Å². The lowest BCUT2D eigenvalue weighted by Gasteiger charge is -2.13. The lowest BCUT2D eigenvalue weighted by Crippen LogP contribution is -2.40. The number of nitrogens with zero attached hydrogens (tertiary/aromatic N) is 2. The third-order valence-electron chi connectivity index (χ3n) is 4.48. The molecule has 0 spiro atoms. The first-order chi connectivity index (χ1) is 13.5. The van der Waals surface area contributed by atoms with Crippen molar-refractivity contribution in [2.24, 2.45) is 0 Å². The largest absolute Gasteiger partial charge is 0.383 e. The molecule has 2 N–H and O–H groups in total. The molecule has 0 unspecified atom stereocenters. The van der Waals surface area contributed by atoms with Gasteiger partial charge >= 0.3 is 6.03 Å². The molecule has 8 nitrogen and oxygen atoms in total. The number of amides is 3. The number of rotatable bonds is 7. The van der Waals surface area contributed by atoms with Crippen molar-refractivity contribution < 1.29 is 14.3 Å². The number of aromatic nitrogens is 2. The van der Waals surface area contributed by atoms with Gasteiger partial charge < -0.3 is 10.1 Å². The Labute approximate surface area is 171 Å². The Morgan fingerprint density at radius 1 is 1.32 bits per heavy atom. The number of carbonyl (C=O) groups excluding carboxylic acids is 2. The third kappa shape index (κ3) is 4.56. The van der Waals surface area contributed by atoms with E-state index in [1.54, 1.807) is 29.9 Å². The Morgan fingerprint density at radius 2 is 2.11 bits per heavy atom. The Hall–Kier alpha value is -1.91. The molecule has 0 radical (unpaired) electrons. The zero-order valence-corrected chi connectivity index (χ0v) is 17.6. The van der Waals surface area contributed by atoms with Crippen LogP contribution in [0.4, 0.5) is 4.79 Å². The number of thiophene rings is 1. The van der Waals surface area contributed by atoms with Crippen LogP contribution in [-0.2, 0) is 28.9 Å². The molecular weight excluding hydrogens is 400 g/mol. The number of ether oxygens (including phenoxy) is 1. The molecule has 0 saturated heterocycles. The minimum atomic E-state index is -0.529. The highest BCUT2D eigenvalue weighted by Gasteiger charge is 2.22. The van der Waals surface area contributed by atoms with Crippen molar-refractivity contribution in [3.05, 3.63) is 20.8 Å². The molecule has 10 heteroatoms. The van der Waals surface area contributed by atoms with Crippen LogP contribution in [0.2, 0.25) is 0 Å². The summed E-state index contributed by atoms with van der Waals surface area (Å²) in [5, 5.41) is 5.95. The molecule has 0 aliphatic heterocycles. The standard InChI is InChI=1S/C18H24N4O4S2/c1-3-19-17(25)20-13(23)10-27-18-21-15-14(16(24)22(18)8-9-26-2)11-6-4-5-7-12(11)28-15/h3-10H2,1-2H3,(H2,19,20,23,25). The molecule has 0 aromatic carbocycles. The van der Waals surface area contributed by atoms with E-state index in [9.17, 15) is 14.4 Å². The second-order valence-electron chi connectivity index (χ2n) is 6.43. The topological polar surface area (TPSA) is 102 Å². The van der Waals surface area contributed by atoms with Crippen LogP contribution in [0.1, 0.15) is 30.2 Å². The molecule has 2 heterocycles. The predicted molar refractivity (Wildman–Crippen MR) is 110 cm³/mol. The highest BCUT2D eigenvalue weighted by Crippen LogP contribution is 2.34. The average molecular weight is 425 g/mol. The van der Waals surface area contributed by atoms with Gasteiger partial charge in [-0.05, 0) is 38.2 Å². The molecule has 0 saturated carbocycles. The van der Waals surface area contributed by atoms with Crippen molar-refractivity contribution in [1.82, 2.24) is 20.2 Å². The summed E-state index contributed by atoms with van der Waals surface area (Å²) in [6.45, 7) is 2.94. The fourth-order valence-corrected chi connectivity index (χ4v) is 5.34. The first kappa shape index (κ1) is 20.8. The number of hydrogen-bond acceptors (Lipinski definition) is 7. The molecule has 1 aliphatic carbocycles. The van der Waals surface area contributed by atoms with Gasteiger partial charge in [0.1, 0.15) is 4.83 Å². The summed E-state index contributed by atoms with van der Waals surface area (Å²) >= 11 is 2.73. The van der Waals surface area contributed by atoms with E-state index in [4.69, 9.17) is 4.74 Å². The van der Waals surface area contributed by atoms with E-state index < -0.39 is 11.9 Å². The Morgan fingerprint density at radius 3 is 2.86 bits per heavy atom. The number of imide groups is 1. The van der Waals surface area contributed by atoms with Crippen LogP contribution in [-0.4, -0.2) is 47.5 Å². The predicted octanol–water partition coefficient (Wildman–Crippen LogP) is 1.92. The van der Waals surface area contributed by atoms with Gasteiger partial charge in [-0.3, -0.25) is 19.5 Å². The van der Waals surface area contributed by atoms with Gasteiger partial charge in [-0.2, -0.15) is 0 Å². The van der Waals surface area contributed by atoms with Gasteiger partial charge in [-0.1, -0.05) is 11.8 Å². The molecule has 3 amide bonds. The van der Waals surface area contributed by atoms with Crippen LogP contribution in [0.25, 0.3) is 10.2 Å². The molecule has 3 rings (SSSR count). The Balaban J connectivity index is 1.88. The van der Waals surface area contributed by atoms with Crippen molar-refractivity contribution in [3.63, 3.8) is 0 Å². The van der Waals surface area contributed by atoms with Crippen molar-refractivity contribution in [1.29, 1.82) is 0 Å². The first-order valence-corrected chi connectivity index (χ1v) is 11.1. The highest BCUT2D eigenvalue weighted by atomic mass is 32.2. The Kier molecular flexibility index (Phi) is 7.08. The van der Waals surface area contributed by atoms with E-state index in [-0.39, 0.29) is 11.3 Å². The molecule has 0 fully saturated rings. The lowest BCUT2D eigenvalue weighted by atomic mass is 9.97. The number of urea groups is 1. The van der Waals surface area contributed by atoms with E-state index in [1.165, 1.54) is 4.88 Å². The van der Waals surface area contributed by atoms with Gasteiger partial charge in [0.05, 0.1) is 24.3 Å². The van der Waals surface area contributed by atoms with Crippen molar-refractivity contribution in [2.75, 3.05) is 26.0 Å². The summed E-state index contributed by atoms with van der Waals surface area (Å²) in [4.78, 5) is 43.3. The first-order valence-electron chi connectivity index (χ1n) is 9.29. The van der Waals surface area contributed by atoms with E-state index in [0.717, 1.165) is 47.8 Å². The van der Waals surface area contributed by atoms with Gasteiger partial charge in [0.2, 0.25) is 5.91 Å². The van der Waals surface area contributed by atoms with Crippen LogP contribution < -0.4 is 16.2 Å². The molecule has 0 bridgehead atoms. The van der Waals surface area contributed by atoms with Crippen LogP contribution >= 0.6 is 23.1 Å². The van der Waals surface area contributed by atoms with E-state index in [2.05, 4.69) is 15.6 Å². The van der Waals surface area contributed by atoms with Gasteiger partial charge in [0.25, 0.3) is 5.56 Å². The summed E-state index contributed by atoms with van der Waals surface area (Å²) in [6, 6.07) is -0.529. The van der Waals surface area contributed by atoms with Gasteiger partial charge in [-0.15, -0.1) is 11.3 Å². The number of fused-ring (bicyclic) bond motifs is 3. The number of thioether (sulfide) groups is 1. The summed E-state index contributed by atoms with van der Waals surface area (Å²) in [5.74, 6) is -0.443. The minimum Gasteiger partial charge on any atom is -0.383 e. The van der Waals surface area contributed by atoms with Gasteiger partial charge in [0.15, 0.2) is 5.16 Å². The van der Waals surface area contributed by atoms with Crippen molar-refractivity contribution in [2.45, 2.75) is 44.3 Å². The molecular formula is C18H24N4O4S2. The average Bonchev–Trinajstić information content (AvgIpc) is 3.04. The summed E-state index contributed by atoms with van der Waals surface area (Å²) in [5.41, 5.74) is 1.06. The van der Waals surface area contributed by atoms with Crippen LogP contribution in [0.15, 0.2) is 9.95 Å². The van der Waals surface area contributed by atoms with E-state index in [0.29, 0.717) is 30.2 Å². The quantitative estimate of drug-likeness (QED) is 0.520. The van der Waals surface area contributed by atoms with Crippen molar-refractivity contribution >= 4 is 45.3 Å². The zero-order valence-electron chi connectivity index (χ0n) is 16.0. The summed E-state index contributed by atoms with van der Waals surface area (Å²) in [7, 11) is 1.58. The molecule has 1 aliphatic rings. The maximum atomic E-state index is 13.2. The summed E-state index contributed by atoms with van der Waals surface area (Å²) in [6.07, 6.45) is 4.13. The highest BCUT2D eigenvalue weighted by molar-refractivity contribution is 7.99. The second-order valence-corrected chi connectivity index (χ2v) is 8.46. The maximum absolute atomic E-state index is 13.2. The maximum Gasteiger partial charge on any atom is 0.321 e. The molecule has 2 aromatic heterocycles. The number of hydrogen-bond donors (Lipinski definition) is 2. The number of aryl methyl sites for hydroxylation is 2. The lowest BCUT2D eigenvalue weighted by molar-refractivity contribution is -0.117.